The monoisotopic (exact) mass is 232 g/mol. The average molecular weight is 232 g/mol. The number of rotatable bonds is 4. The summed E-state index contributed by atoms with van der Waals surface area (Å²) in [4.78, 5) is 25.7. The molecule has 2 aromatic rings. The minimum absolute atomic E-state index is 0.186. The molecule has 0 aromatic carbocycles. The summed E-state index contributed by atoms with van der Waals surface area (Å²) in [6.07, 6.45) is 3.35. The molecule has 1 unspecified atom stereocenters. The van der Waals surface area contributed by atoms with Crippen LogP contribution < -0.4 is 11.1 Å². The molecule has 0 saturated heterocycles. The number of hydrogen-bond donors (Lipinski definition) is 1. The van der Waals surface area contributed by atoms with E-state index in [1.807, 2.05) is 6.07 Å². The number of hydrogen-bond acceptors (Lipinski definition) is 5. The smallest absolute Gasteiger partial charge is 0.417 e. The molecule has 7 heteroatoms. The lowest BCUT2D eigenvalue weighted by atomic mass is 10.2. The van der Waals surface area contributed by atoms with E-state index in [2.05, 4.69) is 10.3 Å². The Morgan fingerprint density at radius 3 is 3.24 bits per heavy atom. The Morgan fingerprint density at radius 2 is 2.53 bits per heavy atom. The first kappa shape index (κ1) is 10.9. The molecular weight excluding hydrogens is 224 g/mol. The van der Waals surface area contributed by atoms with Crippen molar-refractivity contribution in [3.05, 3.63) is 34.8 Å². The molecule has 1 N–H and O–H groups in total. The van der Waals surface area contributed by atoms with Crippen molar-refractivity contribution < 1.29 is 9.21 Å². The number of nitrogens with one attached hydrogen (secondary N) is 1. The van der Waals surface area contributed by atoms with Gasteiger partial charge in [0.05, 0.1) is 11.8 Å². The molecule has 0 saturated carbocycles. The van der Waals surface area contributed by atoms with Crippen molar-refractivity contribution in [1.29, 1.82) is 5.26 Å². The Labute approximate surface area is 95.3 Å². The van der Waals surface area contributed by atoms with Crippen LogP contribution in [0.1, 0.15) is 5.69 Å². The summed E-state index contributed by atoms with van der Waals surface area (Å²) in [5, 5.41) is 11.1. The van der Waals surface area contributed by atoms with E-state index in [4.69, 9.17) is 9.68 Å². The highest BCUT2D eigenvalue weighted by Crippen LogP contribution is 2.05. The average Bonchev–Trinajstić information content (AvgIpc) is 2.73. The molecule has 1 amide bonds. The van der Waals surface area contributed by atoms with Crippen LogP contribution in [0.5, 0.6) is 0 Å². The molecule has 17 heavy (non-hydrogen) atoms. The second-order valence-corrected chi connectivity index (χ2v) is 3.30. The largest absolute Gasteiger partial charge is 0.424 e. The normalized spacial score (nSPS) is 11.9. The minimum Gasteiger partial charge on any atom is -0.417 e. The van der Waals surface area contributed by atoms with Gasteiger partial charge in [-0.15, -0.1) is 0 Å². The van der Waals surface area contributed by atoms with Gasteiger partial charge in [0.25, 0.3) is 0 Å². The quantitative estimate of drug-likeness (QED) is 0.714. The van der Waals surface area contributed by atoms with Crippen molar-refractivity contribution in [2.24, 2.45) is 0 Å². The zero-order valence-electron chi connectivity index (χ0n) is 8.66. The number of nitrogens with zero attached hydrogens (tertiary/aromatic N) is 3. The summed E-state index contributed by atoms with van der Waals surface area (Å²) in [5.41, 5.74) is 0.953. The fourth-order valence-electron chi connectivity index (χ4n) is 1.51. The summed E-state index contributed by atoms with van der Waals surface area (Å²) < 4.78 is 5.97. The van der Waals surface area contributed by atoms with Crippen molar-refractivity contribution in [1.82, 2.24) is 14.7 Å². The van der Waals surface area contributed by atoms with Crippen molar-refractivity contribution in [3.63, 3.8) is 0 Å². The Bertz CT molecular complexity index is 637. The number of carbonyl (C=O) groups excluding carboxylic acids is 1. The third-order valence-corrected chi connectivity index (χ3v) is 2.27. The van der Waals surface area contributed by atoms with Gasteiger partial charge in [-0.3, -0.25) is 4.79 Å². The molecule has 1 atom stereocenters. The Hall–Kier alpha value is -2.62. The number of imidazole rings is 1. The van der Waals surface area contributed by atoms with Gasteiger partial charge in [0.2, 0.25) is 6.41 Å². The number of aromatic nitrogens is 2. The lowest BCUT2D eigenvalue weighted by Crippen LogP contribution is -2.29. The van der Waals surface area contributed by atoms with Crippen LogP contribution >= 0.6 is 0 Å². The molecule has 2 rings (SSSR count). The van der Waals surface area contributed by atoms with E-state index in [1.165, 1.54) is 16.9 Å². The van der Waals surface area contributed by atoms with Gasteiger partial charge in [0.1, 0.15) is 18.0 Å². The zero-order valence-corrected chi connectivity index (χ0v) is 8.66. The van der Waals surface area contributed by atoms with Gasteiger partial charge in [-0.2, -0.15) is 5.26 Å². The van der Waals surface area contributed by atoms with Gasteiger partial charge in [0, 0.05) is 18.7 Å². The van der Waals surface area contributed by atoms with Crippen LogP contribution in [0.3, 0.4) is 0 Å². The van der Waals surface area contributed by atoms with Crippen molar-refractivity contribution >= 4 is 12.1 Å². The third kappa shape index (κ3) is 2.01. The third-order valence-electron chi connectivity index (χ3n) is 2.27. The number of nitriles is 1. The van der Waals surface area contributed by atoms with Gasteiger partial charge in [-0.25, -0.2) is 14.2 Å². The molecule has 0 spiro atoms. The van der Waals surface area contributed by atoms with Crippen molar-refractivity contribution in [2.45, 2.75) is 12.5 Å². The maximum absolute atomic E-state index is 11.5. The van der Waals surface area contributed by atoms with Gasteiger partial charge in [-0.1, -0.05) is 0 Å². The zero-order chi connectivity index (χ0) is 12.3. The highest BCUT2D eigenvalue weighted by atomic mass is 16.4. The number of fused-ring (bicyclic) bond motifs is 1. The molecule has 2 heterocycles. The van der Waals surface area contributed by atoms with Crippen LogP contribution in [-0.4, -0.2) is 21.8 Å². The second-order valence-electron chi connectivity index (χ2n) is 3.30. The standard InChI is InChI=1S/C10H8N4O3/c11-4-7(13-6-15)3-8-5-12-9-1-2-17-10(16)14(8)9/h1-2,5-7H,3H2,(H,13,15). The summed E-state index contributed by atoms with van der Waals surface area (Å²) >= 11 is 0. The maximum atomic E-state index is 11.5. The van der Waals surface area contributed by atoms with E-state index >= 15 is 0 Å². The highest BCUT2D eigenvalue weighted by molar-refractivity contribution is 5.48. The predicted octanol–water partition coefficient (Wildman–Crippen LogP) is -0.532. The van der Waals surface area contributed by atoms with E-state index in [0.29, 0.717) is 17.8 Å². The first-order valence-electron chi connectivity index (χ1n) is 4.79. The topological polar surface area (TPSA) is 100 Å². The predicted molar refractivity (Wildman–Crippen MR) is 56.0 cm³/mol. The van der Waals surface area contributed by atoms with E-state index in [0.717, 1.165) is 0 Å². The van der Waals surface area contributed by atoms with Crippen LogP contribution in [0.15, 0.2) is 27.7 Å². The van der Waals surface area contributed by atoms with Crippen molar-refractivity contribution in [3.8, 4) is 6.07 Å². The van der Waals surface area contributed by atoms with E-state index in [9.17, 15) is 9.59 Å². The number of carbonyl (C=O) groups is 1. The van der Waals surface area contributed by atoms with Gasteiger partial charge in [0.15, 0.2) is 0 Å². The summed E-state index contributed by atoms with van der Waals surface area (Å²) in [6.45, 7) is 0. The van der Waals surface area contributed by atoms with Crippen LogP contribution in [0.4, 0.5) is 0 Å². The first-order chi connectivity index (χ1) is 8.26. The molecule has 0 aliphatic rings. The Morgan fingerprint density at radius 1 is 1.71 bits per heavy atom. The molecule has 86 valence electrons. The fourth-order valence-corrected chi connectivity index (χ4v) is 1.51. The molecule has 2 aromatic heterocycles. The Balaban J connectivity index is 2.40. The maximum Gasteiger partial charge on any atom is 0.424 e. The molecule has 7 nitrogen and oxygen atoms in total. The molecule has 0 aliphatic carbocycles. The molecule has 0 fully saturated rings. The van der Waals surface area contributed by atoms with E-state index in [1.54, 1.807) is 6.07 Å². The van der Waals surface area contributed by atoms with E-state index < -0.39 is 11.8 Å². The lowest BCUT2D eigenvalue weighted by molar-refractivity contribution is -0.109. The van der Waals surface area contributed by atoms with Gasteiger partial charge in [-0.05, 0) is 0 Å². The first-order valence-corrected chi connectivity index (χ1v) is 4.79. The second kappa shape index (κ2) is 4.49. The van der Waals surface area contributed by atoms with E-state index in [-0.39, 0.29) is 6.42 Å². The minimum atomic E-state index is -0.702. The van der Waals surface area contributed by atoms with Crippen molar-refractivity contribution in [2.75, 3.05) is 0 Å². The van der Waals surface area contributed by atoms with Crippen LogP contribution in [0, 0.1) is 11.3 Å². The summed E-state index contributed by atoms with van der Waals surface area (Å²) in [5.74, 6) is -0.571. The summed E-state index contributed by atoms with van der Waals surface area (Å²) in [7, 11) is 0. The van der Waals surface area contributed by atoms with Crippen LogP contribution in [-0.2, 0) is 11.2 Å². The van der Waals surface area contributed by atoms with Gasteiger partial charge < -0.3 is 9.73 Å². The number of amides is 1. The fraction of sp³-hybridized carbons (Fsp3) is 0.200. The Kier molecular flexibility index (Phi) is 2.87. The van der Waals surface area contributed by atoms with Crippen LogP contribution in [0.25, 0.3) is 5.65 Å². The molecule has 0 aliphatic heterocycles. The highest BCUT2D eigenvalue weighted by Gasteiger charge is 2.13. The molecular formula is C10H8N4O3. The van der Waals surface area contributed by atoms with Gasteiger partial charge >= 0.3 is 5.76 Å². The lowest BCUT2D eigenvalue weighted by Gasteiger charge is -2.05. The molecule has 0 radical (unpaired) electrons. The SMILES string of the molecule is N#CC(Cc1cnc2ccoc(=O)n12)NC=O. The van der Waals surface area contributed by atoms with Crippen LogP contribution in [0.2, 0.25) is 0 Å². The molecule has 0 bridgehead atoms. The summed E-state index contributed by atoms with van der Waals surface area (Å²) in [6, 6.07) is 2.75.